The first-order chi connectivity index (χ1) is 22.5. The number of aromatic amines is 1. The Hall–Kier alpha value is -5.03. The number of anilines is 1. The van der Waals surface area contributed by atoms with Crippen LogP contribution in [-0.2, 0) is 32.4 Å². The summed E-state index contributed by atoms with van der Waals surface area (Å²) in [6.07, 6.45) is 0.918. The van der Waals surface area contributed by atoms with Crippen LogP contribution in [0.1, 0.15) is 11.5 Å². The molecule has 4 aromatic rings. The number of phenolic OH excluding ortho intramolecular Hbond substituents is 2. The number of oxime groups is 1. The van der Waals surface area contributed by atoms with Crippen LogP contribution in [0, 0.1) is 0 Å². The van der Waals surface area contributed by atoms with Crippen LogP contribution in [0.15, 0.2) is 51.0 Å². The summed E-state index contributed by atoms with van der Waals surface area (Å²) in [7, 11) is 0. The number of β-lactam (4-membered cyclic amide) rings is 1. The second-order valence-corrected chi connectivity index (χ2v) is 11.8. The number of amides is 2. The number of carbonyl (C=O) groups is 3. The van der Waals surface area contributed by atoms with E-state index in [1.165, 1.54) is 35.3 Å². The molecule has 8 N–H and O–H groups in total. The second-order valence-electron chi connectivity index (χ2n) is 9.79. The number of benzene rings is 1. The molecule has 0 saturated carbocycles. The van der Waals surface area contributed by atoms with Gasteiger partial charge in [-0.3, -0.25) is 19.3 Å². The number of hydrogen-bond acceptors (Lipinski definition) is 17. The molecule has 2 aliphatic rings. The standard InChI is InChI=1S/C25H21N11O9S2.Na.H/c26-25-28-11(8-47-25)16(33-45-6-15-27-4-14(39)20(40)29-15)21(41)30-17-22(42)36-18(24(43)44)10(7-46-23(17)36)5-35-32-19(31-34-35)9-1-2-12(37)13(38)3-9;;/h1-4,8,17,23,37-39H,5-7H2,(H2,26,28)(H,30,41)(H,43,44)(H,27,29,40);;/b33-16-;;/t17-,23-;;/m1../s1. The number of rotatable bonds is 10. The fourth-order valence-corrected chi connectivity index (χ4v) is 6.41. The molecule has 0 spiro atoms. The number of carboxylic acid groups (broad SMARTS) is 1. The topological polar surface area (TPSA) is 297 Å². The molecule has 1 aromatic carbocycles. The first-order valence-electron chi connectivity index (χ1n) is 13.2. The van der Waals surface area contributed by atoms with Gasteiger partial charge >= 0.3 is 35.5 Å². The summed E-state index contributed by atoms with van der Waals surface area (Å²) < 4.78 is 0. The summed E-state index contributed by atoms with van der Waals surface area (Å²) in [5.74, 6) is -3.99. The summed E-state index contributed by atoms with van der Waals surface area (Å²) in [4.78, 5) is 68.0. The maximum atomic E-state index is 13.3. The zero-order valence-corrected chi connectivity index (χ0v) is 25.1. The predicted molar refractivity (Wildman–Crippen MR) is 168 cm³/mol. The molecule has 5 heterocycles. The molecule has 23 heteroatoms. The van der Waals surface area contributed by atoms with E-state index in [1.54, 1.807) is 0 Å². The predicted octanol–water partition coefficient (Wildman–Crippen LogP) is -1.71. The van der Waals surface area contributed by atoms with Crippen molar-refractivity contribution in [2.45, 2.75) is 24.6 Å². The fourth-order valence-electron chi connectivity index (χ4n) is 4.53. The summed E-state index contributed by atoms with van der Waals surface area (Å²) in [6.45, 7) is -0.518. The van der Waals surface area contributed by atoms with E-state index in [4.69, 9.17) is 10.6 Å². The van der Waals surface area contributed by atoms with Gasteiger partial charge in [0.2, 0.25) is 5.82 Å². The van der Waals surface area contributed by atoms with Gasteiger partial charge in [0.05, 0.1) is 12.7 Å². The molecule has 244 valence electrons. The first-order valence-corrected chi connectivity index (χ1v) is 15.1. The number of carboxylic acids is 1. The monoisotopic (exact) mass is 707 g/mol. The number of aromatic nitrogens is 7. The molecule has 0 unspecified atom stereocenters. The number of thioether (sulfide) groups is 1. The molecule has 2 amide bonds. The Morgan fingerprint density at radius 2 is 1.98 bits per heavy atom. The van der Waals surface area contributed by atoms with Crippen molar-refractivity contribution in [1.29, 1.82) is 0 Å². The number of tetrazole rings is 1. The summed E-state index contributed by atoms with van der Waals surface area (Å²) in [5.41, 5.74) is 4.97. The molecule has 6 rings (SSSR count). The van der Waals surface area contributed by atoms with E-state index in [1.807, 2.05) is 0 Å². The van der Waals surface area contributed by atoms with Crippen molar-refractivity contribution in [3.8, 4) is 28.6 Å². The average molecular weight is 708 g/mol. The first kappa shape index (κ1) is 34.3. The van der Waals surface area contributed by atoms with Crippen LogP contribution in [0.25, 0.3) is 11.4 Å². The number of nitrogens with one attached hydrogen (secondary N) is 2. The number of nitrogen functional groups attached to an aromatic ring is 1. The number of carbonyl (C=O) groups excluding carboxylic acids is 2. The van der Waals surface area contributed by atoms with Crippen molar-refractivity contribution >= 4 is 81.3 Å². The zero-order valence-electron chi connectivity index (χ0n) is 23.5. The van der Waals surface area contributed by atoms with Crippen LogP contribution in [0.2, 0.25) is 0 Å². The van der Waals surface area contributed by atoms with E-state index >= 15 is 0 Å². The molecule has 1 fully saturated rings. The van der Waals surface area contributed by atoms with Crippen LogP contribution < -0.4 is 16.6 Å². The Balaban J connectivity index is 0.00000451. The van der Waals surface area contributed by atoms with Crippen molar-refractivity contribution < 1.29 is 39.6 Å². The minimum atomic E-state index is -1.37. The number of H-pyrrole nitrogens is 1. The number of aromatic hydroxyl groups is 3. The number of thiazole rings is 1. The SMILES string of the molecule is Nc1nc(/C(=N/OCc2ncc(O)c(=O)[nH]2)C(=O)N[C@@H]2C(=O)N3C(C(=O)O)=C(Cn4nnc(-c5ccc(O)c(O)c5)n4)CS[C@H]23)cs1.[NaH]. The molecule has 0 radical (unpaired) electrons. The van der Waals surface area contributed by atoms with Gasteiger partial charge in [-0.2, -0.15) is 4.80 Å². The van der Waals surface area contributed by atoms with Gasteiger partial charge in [0.25, 0.3) is 17.4 Å². The van der Waals surface area contributed by atoms with Gasteiger partial charge in [-0.25, -0.2) is 14.8 Å². The van der Waals surface area contributed by atoms with Crippen LogP contribution in [0.3, 0.4) is 0 Å². The molecular weight excluding hydrogens is 685 g/mol. The van der Waals surface area contributed by atoms with Crippen LogP contribution in [0.5, 0.6) is 17.2 Å². The maximum absolute atomic E-state index is 13.3. The second kappa shape index (κ2) is 14.0. The Labute approximate surface area is 297 Å². The molecule has 2 atom stereocenters. The van der Waals surface area contributed by atoms with E-state index in [2.05, 4.69) is 40.8 Å². The van der Waals surface area contributed by atoms with Crippen LogP contribution in [0.4, 0.5) is 5.13 Å². The number of nitrogens with two attached hydrogens (primary N) is 1. The molecule has 1 saturated heterocycles. The molecular formula is C25H22N11NaO9S2. The van der Waals surface area contributed by atoms with Crippen LogP contribution >= 0.6 is 23.1 Å². The molecule has 20 nitrogen and oxygen atoms in total. The van der Waals surface area contributed by atoms with Gasteiger partial charge < -0.3 is 41.3 Å². The van der Waals surface area contributed by atoms with Crippen LogP contribution in [-0.4, -0.2) is 131 Å². The Kier molecular flexibility index (Phi) is 10.00. The zero-order chi connectivity index (χ0) is 33.4. The van der Waals surface area contributed by atoms with E-state index in [-0.39, 0.29) is 87.2 Å². The van der Waals surface area contributed by atoms with E-state index in [0.29, 0.717) is 11.1 Å². The molecule has 2 aliphatic heterocycles. The molecule has 0 aliphatic carbocycles. The van der Waals surface area contributed by atoms with E-state index < -0.39 is 47.1 Å². The quantitative estimate of drug-likeness (QED) is 0.0317. The Morgan fingerprint density at radius 1 is 1.19 bits per heavy atom. The van der Waals surface area contributed by atoms with Crippen molar-refractivity contribution in [2.75, 3.05) is 11.5 Å². The van der Waals surface area contributed by atoms with Gasteiger partial charge in [-0.05, 0) is 29.0 Å². The molecule has 0 bridgehead atoms. The summed E-state index contributed by atoms with van der Waals surface area (Å²) >= 11 is 2.22. The average Bonchev–Trinajstić information content (AvgIpc) is 3.69. The third kappa shape index (κ3) is 6.82. The van der Waals surface area contributed by atoms with Gasteiger partial charge in [-0.1, -0.05) is 5.16 Å². The number of hydrogen-bond donors (Lipinski definition) is 7. The van der Waals surface area contributed by atoms with Gasteiger partial charge in [0, 0.05) is 16.7 Å². The fraction of sp³-hybridized carbons (Fsp3) is 0.200. The minimum absolute atomic E-state index is 0. The normalized spacial score (nSPS) is 17.3. The van der Waals surface area contributed by atoms with Gasteiger partial charge in [0.1, 0.15) is 28.6 Å². The Morgan fingerprint density at radius 3 is 2.67 bits per heavy atom. The van der Waals surface area contributed by atoms with Crippen molar-refractivity contribution in [3.63, 3.8) is 0 Å². The molecule has 48 heavy (non-hydrogen) atoms. The molecule has 3 aromatic heterocycles. The number of fused-ring (bicyclic) bond motifs is 1. The van der Waals surface area contributed by atoms with Gasteiger partial charge in [-0.15, -0.1) is 33.3 Å². The van der Waals surface area contributed by atoms with E-state index in [9.17, 15) is 39.6 Å². The Bertz CT molecular complexity index is 2050. The number of phenols is 2. The van der Waals surface area contributed by atoms with Crippen molar-refractivity contribution in [1.82, 2.24) is 45.4 Å². The summed E-state index contributed by atoms with van der Waals surface area (Å²) in [5, 5.41) is 57.9. The summed E-state index contributed by atoms with van der Waals surface area (Å²) in [6, 6.07) is 2.84. The third-order valence-electron chi connectivity index (χ3n) is 6.73. The van der Waals surface area contributed by atoms with Crippen molar-refractivity contribution in [2.24, 2.45) is 5.16 Å². The third-order valence-corrected chi connectivity index (χ3v) is 8.74. The van der Waals surface area contributed by atoms with Gasteiger partial charge in [0.15, 0.2) is 34.7 Å². The number of aliphatic carboxylic acids is 1. The number of nitrogens with zero attached hydrogens (tertiary/aromatic N) is 8. The van der Waals surface area contributed by atoms with Crippen molar-refractivity contribution in [3.05, 3.63) is 62.9 Å². The van der Waals surface area contributed by atoms with E-state index in [0.717, 1.165) is 27.2 Å².